The number of aromatic nitrogens is 1. The molecule has 0 fully saturated rings. The molecule has 0 saturated carbocycles. The second-order valence-electron chi connectivity index (χ2n) is 8.54. The highest BCUT2D eigenvalue weighted by molar-refractivity contribution is 7.87. The van der Waals surface area contributed by atoms with Crippen LogP contribution in [0.5, 0.6) is 0 Å². The molecule has 2 unspecified atom stereocenters. The molecular formula is C26H27N4O6S3+. The number of anilines is 1. The zero-order chi connectivity index (χ0) is 27.8. The lowest BCUT2D eigenvalue weighted by molar-refractivity contribution is -0.374. The highest BCUT2D eigenvalue weighted by atomic mass is 32.2. The molecule has 0 aliphatic carbocycles. The normalized spacial score (nSPS) is 12.8. The summed E-state index contributed by atoms with van der Waals surface area (Å²) >= 11 is 3.11. The summed E-state index contributed by atoms with van der Waals surface area (Å²) in [6.45, 7) is 0. The van der Waals surface area contributed by atoms with Crippen molar-refractivity contribution in [3.63, 3.8) is 0 Å². The maximum atomic E-state index is 13.5. The van der Waals surface area contributed by atoms with Crippen molar-refractivity contribution in [3.8, 4) is 9.88 Å². The number of hydrogen-bond donors (Lipinski definition) is 4. The van der Waals surface area contributed by atoms with Crippen molar-refractivity contribution >= 4 is 50.7 Å². The third-order valence-electron chi connectivity index (χ3n) is 5.72. The third kappa shape index (κ3) is 8.35. The summed E-state index contributed by atoms with van der Waals surface area (Å²) in [5.41, 5.74) is 2.65. The van der Waals surface area contributed by atoms with Crippen LogP contribution in [-0.4, -0.2) is 38.1 Å². The van der Waals surface area contributed by atoms with Crippen molar-refractivity contribution < 1.29 is 32.3 Å². The minimum Gasteiger partial charge on any atom is -0.453 e. The lowest BCUT2D eigenvalue weighted by Crippen LogP contribution is -2.49. The number of carbonyl (C=O) groups is 2. The number of ether oxygens (including phenoxy) is 1. The Hall–Kier alpha value is -3.78. The molecule has 0 aliphatic rings. The quantitative estimate of drug-likeness (QED) is 0.196. The summed E-state index contributed by atoms with van der Waals surface area (Å²) < 4.78 is 38.0. The van der Waals surface area contributed by atoms with E-state index in [1.165, 1.54) is 30.6 Å². The molecule has 10 nitrogen and oxygen atoms in total. The van der Waals surface area contributed by atoms with Gasteiger partial charge in [0.15, 0.2) is 0 Å². The monoisotopic (exact) mass is 587 g/mol. The van der Waals surface area contributed by atoms with E-state index in [1.54, 1.807) is 23.5 Å². The van der Waals surface area contributed by atoms with Gasteiger partial charge in [0.05, 0.1) is 18.2 Å². The van der Waals surface area contributed by atoms with E-state index in [0.29, 0.717) is 6.42 Å². The molecule has 2 amide bonds. The maximum absolute atomic E-state index is 13.5. The van der Waals surface area contributed by atoms with E-state index in [-0.39, 0.29) is 12.1 Å². The number of amides is 2. The first-order chi connectivity index (χ1) is 18.7. The molecule has 13 heteroatoms. The van der Waals surface area contributed by atoms with Gasteiger partial charge in [0.1, 0.15) is 17.0 Å². The van der Waals surface area contributed by atoms with Gasteiger partial charge in [-0.25, -0.2) is 4.79 Å². The summed E-state index contributed by atoms with van der Waals surface area (Å²) in [5.74, 6) is -0.392. The van der Waals surface area contributed by atoms with Gasteiger partial charge in [0, 0.05) is 12.8 Å². The van der Waals surface area contributed by atoms with Gasteiger partial charge >= 0.3 is 16.4 Å². The highest BCUT2D eigenvalue weighted by Gasteiger charge is 2.29. The number of nitrogens with one attached hydrogen (secondary N) is 4. The molecular weight excluding hydrogens is 561 g/mol. The Morgan fingerprint density at radius 2 is 1.67 bits per heavy atom. The number of methoxy groups -OCH3 is 1. The van der Waals surface area contributed by atoms with Crippen molar-refractivity contribution in [2.24, 2.45) is 0 Å². The van der Waals surface area contributed by atoms with Crippen LogP contribution >= 0.6 is 22.7 Å². The average Bonchev–Trinajstić information content (AvgIpc) is 3.61. The van der Waals surface area contributed by atoms with E-state index in [9.17, 15) is 18.0 Å². The van der Waals surface area contributed by atoms with Crippen LogP contribution in [0.4, 0.5) is 10.5 Å². The van der Waals surface area contributed by atoms with Crippen LogP contribution < -0.4 is 20.3 Å². The molecule has 204 valence electrons. The van der Waals surface area contributed by atoms with Gasteiger partial charge in [-0.3, -0.25) is 14.1 Å². The minimum absolute atomic E-state index is 0.203. The fraction of sp³-hybridized carbons (Fsp3) is 0.192. The van der Waals surface area contributed by atoms with Gasteiger partial charge in [0.25, 0.3) is 5.01 Å². The number of carbonyl (C=O) groups excluding carboxylic acids is 2. The summed E-state index contributed by atoms with van der Waals surface area (Å²) in [4.78, 5) is 30.0. The van der Waals surface area contributed by atoms with Crippen LogP contribution in [0.1, 0.15) is 22.9 Å². The lowest BCUT2D eigenvalue weighted by Gasteiger charge is -2.21. The molecule has 4 rings (SSSR count). The zero-order valence-corrected chi connectivity index (χ0v) is 23.2. The number of thiophene rings is 1. The van der Waals surface area contributed by atoms with Gasteiger partial charge in [-0.05, 0) is 34.7 Å². The standard InChI is InChI=1S/C26H26N4O6S3/c1-36-26(32)29-21(15-17-6-3-2-4-7-17)24(31)27-20(22-16-38-25(28-22)23-8-5-13-37-23)14-18-9-11-19(12-10-18)30-39(33,34)35/h2-13,16,20-21,30H,14-15H2,1H3,(H,27,31)(H,29,32)(H,33,34,35)/p+1. The van der Waals surface area contributed by atoms with Crippen LogP contribution in [0.2, 0.25) is 0 Å². The molecule has 0 saturated heterocycles. The van der Waals surface area contributed by atoms with Crippen molar-refractivity contribution in [2.45, 2.75) is 24.9 Å². The summed E-state index contributed by atoms with van der Waals surface area (Å²) in [5, 5.41) is 10.6. The van der Waals surface area contributed by atoms with Gasteiger partial charge in [0.2, 0.25) is 11.6 Å². The molecule has 0 bridgehead atoms. The number of rotatable bonds is 11. The lowest BCUT2D eigenvalue weighted by atomic mass is 10.0. The first kappa shape index (κ1) is 28.2. The van der Waals surface area contributed by atoms with E-state index in [2.05, 4.69) is 15.6 Å². The number of thiazole rings is 1. The zero-order valence-electron chi connectivity index (χ0n) is 20.8. The molecule has 5 N–H and O–H groups in total. The number of benzene rings is 2. The highest BCUT2D eigenvalue weighted by Crippen LogP contribution is 2.28. The second kappa shape index (κ2) is 12.8. The Kier molecular flexibility index (Phi) is 9.30. The molecule has 0 spiro atoms. The van der Waals surface area contributed by atoms with Crippen LogP contribution in [0.25, 0.3) is 9.88 Å². The molecule has 39 heavy (non-hydrogen) atoms. The Balaban J connectivity index is 1.59. The third-order valence-corrected chi connectivity index (χ3v) is 8.16. The van der Waals surface area contributed by atoms with Crippen molar-refractivity contribution in [1.82, 2.24) is 10.6 Å². The number of aromatic amines is 1. The Bertz CT molecular complexity index is 1490. The first-order valence-corrected chi connectivity index (χ1v) is 15.0. The molecule has 2 heterocycles. The van der Waals surface area contributed by atoms with Gasteiger partial charge in [-0.15, -0.1) is 11.3 Å². The predicted octanol–water partition coefficient (Wildman–Crippen LogP) is 3.87. The smallest absolute Gasteiger partial charge is 0.407 e. The Labute approximate surface area is 234 Å². The van der Waals surface area contributed by atoms with Crippen molar-refractivity contribution in [2.75, 3.05) is 11.8 Å². The van der Waals surface area contributed by atoms with E-state index in [0.717, 1.165) is 26.7 Å². The summed E-state index contributed by atoms with van der Waals surface area (Å²) in [6, 6.07) is 18.4. The topological polar surface area (TPSA) is 148 Å². The predicted molar refractivity (Wildman–Crippen MR) is 150 cm³/mol. The average molecular weight is 588 g/mol. The number of hydrogen-bond acceptors (Lipinski definition) is 7. The number of H-pyrrole nitrogens is 1. The SMILES string of the molecule is COC(=O)NC(Cc1ccccc1)C(=O)NC(Cc1ccc(NS(=O)(=O)O)cc1)c1csc(-c2cccs2)[nH+]1. The minimum atomic E-state index is -4.39. The van der Waals surface area contributed by atoms with Gasteiger partial charge < -0.3 is 15.4 Å². The van der Waals surface area contributed by atoms with Gasteiger partial charge in [-0.2, -0.15) is 13.4 Å². The first-order valence-electron chi connectivity index (χ1n) is 11.8. The largest absolute Gasteiger partial charge is 0.453 e. The van der Waals surface area contributed by atoms with Crippen molar-refractivity contribution in [1.29, 1.82) is 0 Å². The molecule has 2 aromatic heterocycles. The van der Waals surface area contributed by atoms with E-state index in [4.69, 9.17) is 9.29 Å². The molecule has 4 aromatic rings. The summed E-state index contributed by atoms with van der Waals surface area (Å²) in [7, 11) is -3.15. The molecule has 0 radical (unpaired) electrons. The molecule has 0 aliphatic heterocycles. The summed E-state index contributed by atoms with van der Waals surface area (Å²) in [6.07, 6.45) is -0.0875. The molecule has 2 atom stereocenters. The maximum Gasteiger partial charge on any atom is 0.407 e. The van der Waals surface area contributed by atoms with Crippen LogP contribution in [-0.2, 0) is 32.7 Å². The fourth-order valence-corrected chi connectivity index (χ4v) is 6.04. The Morgan fingerprint density at radius 3 is 2.31 bits per heavy atom. The van der Waals surface area contributed by atoms with Gasteiger partial charge in [-0.1, -0.05) is 59.9 Å². The van der Waals surface area contributed by atoms with Crippen LogP contribution in [0.3, 0.4) is 0 Å². The van der Waals surface area contributed by atoms with Crippen LogP contribution in [0.15, 0.2) is 77.5 Å². The second-order valence-corrected chi connectivity index (χ2v) is 11.5. The van der Waals surface area contributed by atoms with E-state index < -0.39 is 34.4 Å². The van der Waals surface area contributed by atoms with E-state index in [1.807, 2.05) is 57.9 Å². The van der Waals surface area contributed by atoms with Crippen molar-refractivity contribution in [3.05, 3.63) is 94.3 Å². The Morgan fingerprint density at radius 1 is 0.949 bits per heavy atom. The number of alkyl carbamates (subject to hydrolysis) is 1. The van der Waals surface area contributed by atoms with E-state index >= 15 is 0 Å². The fourth-order valence-electron chi connectivity index (χ4n) is 3.87. The molecule has 2 aromatic carbocycles. The van der Waals surface area contributed by atoms with Crippen LogP contribution in [0, 0.1) is 0 Å².